The van der Waals surface area contributed by atoms with Crippen LogP contribution in [0.15, 0.2) is 24.8 Å². The Morgan fingerprint density at radius 1 is 1.24 bits per heavy atom. The van der Waals surface area contributed by atoms with Crippen molar-refractivity contribution < 1.29 is 9.90 Å². The Balaban J connectivity index is 2.15. The van der Waals surface area contributed by atoms with Gasteiger partial charge in [0.25, 0.3) is 0 Å². The summed E-state index contributed by atoms with van der Waals surface area (Å²) in [6.07, 6.45) is 5.32. The molecule has 0 saturated heterocycles. The Morgan fingerprint density at radius 2 is 1.90 bits per heavy atom. The van der Waals surface area contributed by atoms with Crippen molar-refractivity contribution in [1.29, 1.82) is 0 Å². The predicted molar refractivity (Wildman–Crippen MR) is 88.0 cm³/mol. The molecule has 1 rings (SSSR count). The van der Waals surface area contributed by atoms with Gasteiger partial charge in [0.05, 0.1) is 0 Å². The van der Waals surface area contributed by atoms with Crippen LogP contribution in [0.25, 0.3) is 5.70 Å². The van der Waals surface area contributed by atoms with Gasteiger partial charge >= 0.3 is 5.97 Å². The Morgan fingerprint density at radius 3 is 2.57 bits per heavy atom. The van der Waals surface area contributed by atoms with Crippen LogP contribution in [0.2, 0.25) is 0 Å². The topological polar surface area (TPSA) is 75.3 Å². The van der Waals surface area contributed by atoms with Crippen molar-refractivity contribution in [2.75, 3.05) is 12.3 Å². The summed E-state index contributed by atoms with van der Waals surface area (Å²) >= 11 is 0. The van der Waals surface area contributed by atoms with Gasteiger partial charge in [-0.25, -0.2) is 0 Å². The van der Waals surface area contributed by atoms with Gasteiger partial charge < -0.3 is 16.2 Å². The molecule has 0 bridgehead atoms. The first-order valence-electron chi connectivity index (χ1n) is 7.52. The van der Waals surface area contributed by atoms with E-state index in [1.807, 2.05) is 25.1 Å². The lowest BCUT2D eigenvalue weighted by Crippen LogP contribution is -2.13. The van der Waals surface area contributed by atoms with E-state index >= 15 is 0 Å². The number of aryl methyl sites for hydroxylation is 1. The number of unbranched alkanes of at least 4 members (excludes halogenated alkanes) is 4. The van der Waals surface area contributed by atoms with Crippen LogP contribution >= 0.6 is 0 Å². The van der Waals surface area contributed by atoms with Crippen molar-refractivity contribution in [3.63, 3.8) is 0 Å². The molecule has 0 atom stereocenters. The summed E-state index contributed by atoms with van der Waals surface area (Å²) < 4.78 is 0. The van der Waals surface area contributed by atoms with Crippen molar-refractivity contribution in [1.82, 2.24) is 5.32 Å². The molecule has 0 aliphatic heterocycles. The standard InChI is InChI=1S/C17H26N2O2/c1-13-12-15(18)9-10-16(13)14(2)19-11-7-5-3-4-6-8-17(20)21/h9-10,12,19H,2-8,11,18H2,1H3,(H,20,21). The third-order valence-corrected chi connectivity index (χ3v) is 3.48. The largest absolute Gasteiger partial charge is 0.481 e. The van der Waals surface area contributed by atoms with E-state index in [1.165, 1.54) is 0 Å². The molecule has 4 nitrogen and oxygen atoms in total. The van der Waals surface area contributed by atoms with E-state index in [1.54, 1.807) is 0 Å². The predicted octanol–water partition coefficient (Wildman–Crippen LogP) is 3.56. The van der Waals surface area contributed by atoms with E-state index in [4.69, 9.17) is 10.8 Å². The van der Waals surface area contributed by atoms with Gasteiger partial charge in [0, 0.05) is 29.9 Å². The number of carbonyl (C=O) groups is 1. The number of nitrogen functional groups attached to an aromatic ring is 1. The number of nitrogens with one attached hydrogen (secondary N) is 1. The molecule has 1 aromatic rings. The number of hydrogen-bond donors (Lipinski definition) is 3. The first-order valence-corrected chi connectivity index (χ1v) is 7.52. The highest BCUT2D eigenvalue weighted by Crippen LogP contribution is 2.18. The van der Waals surface area contributed by atoms with Crippen LogP contribution in [0.4, 0.5) is 5.69 Å². The maximum Gasteiger partial charge on any atom is 0.303 e. The minimum atomic E-state index is -0.702. The number of carboxylic acids is 1. The first kappa shape index (κ1) is 17.1. The maximum atomic E-state index is 10.4. The Labute approximate surface area is 127 Å². The molecular formula is C17H26N2O2. The molecule has 0 radical (unpaired) electrons. The molecule has 0 fully saturated rings. The molecule has 0 aromatic heterocycles. The van der Waals surface area contributed by atoms with Crippen LogP contribution in [-0.2, 0) is 4.79 Å². The summed E-state index contributed by atoms with van der Waals surface area (Å²) in [5.74, 6) is -0.702. The number of aliphatic carboxylic acids is 1. The second kappa shape index (κ2) is 9.06. The Bertz CT molecular complexity index is 484. The molecule has 0 unspecified atom stereocenters. The summed E-state index contributed by atoms with van der Waals surface area (Å²) in [5, 5.41) is 11.9. The molecule has 0 amide bonds. The third kappa shape index (κ3) is 6.84. The smallest absolute Gasteiger partial charge is 0.303 e. The van der Waals surface area contributed by atoms with Crippen LogP contribution in [-0.4, -0.2) is 17.6 Å². The van der Waals surface area contributed by atoms with E-state index in [9.17, 15) is 4.79 Å². The molecule has 4 heteroatoms. The highest BCUT2D eigenvalue weighted by molar-refractivity contribution is 5.67. The molecule has 21 heavy (non-hydrogen) atoms. The zero-order chi connectivity index (χ0) is 15.7. The number of anilines is 1. The number of hydrogen-bond acceptors (Lipinski definition) is 3. The van der Waals surface area contributed by atoms with Gasteiger partial charge in [-0.2, -0.15) is 0 Å². The lowest BCUT2D eigenvalue weighted by molar-refractivity contribution is -0.137. The van der Waals surface area contributed by atoms with Gasteiger partial charge in [0.1, 0.15) is 0 Å². The fourth-order valence-electron chi connectivity index (χ4n) is 2.29. The molecule has 116 valence electrons. The fraction of sp³-hybridized carbons (Fsp3) is 0.471. The van der Waals surface area contributed by atoms with Crippen LogP contribution in [0.5, 0.6) is 0 Å². The first-order chi connectivity index (χ1) is 10.0. The van der Waals surface area contributed by atoms with Gasteiger partial charge in [0.2, 0.25) is 0 Å². The van der Waals surface area contributed by atoms with Crippen molar-refractivity contribution in [3.05, 3.63) is 35.9 Å². The molecule has 0 aliphatic rings. The second-order valence-electron chi connectivity index (χ2n) is 5.39. The lowest BCUT2D eigenvalue weighted by Gasteiger charge is -2.12. The summed E-state index contributed by atoms with van der Waals surface area (Å²) in [5.41, 5.74) is 9.67. The highest BCUT2D eigenvalue weighted by atomic mass is 16.4. The molecular weight excluding hydrogens is 264 g/mol. The minimum absolute atomic E-state index is 0.283. The van der Waals surface area contributed by atoms with Gasteiger partial charge in [-0.15, -0.1) is 0 Å². The summed E-state index contributed by atoms with van der Waals surface area (Å²) in [7, 11) is 0. The fourth-order valence-corrected chi connectivity index (χ4v) is 2.29. The van der Waals surface area contributed by atoms with E-state index in [0.29, 0.717) is 0 Å². The van der Waals surface area contributed by atoms with Crippen LogP contribution in [0, 0.1) is 6.92 Å². The van der Waals surface area contributed by atoms with Crippen molar-refractivity contribution in [2.24, 2.45) is 0 Å². The molecule has 4 N–H and O–H groups in total. The third-order valence-electron chi connectivity index (χ3n) is 3.48. The van der Waals surface area contributed by atoms with Crippen LogP contribution < -0.4 is 11.1 Å². The average molecular weight is 290 g/mol. The minimum Gasteiger partial charge on any atom is -0.481 e. The monoisotopic (exact) mass is 290 g/mol. The van der Waals surface area contributed by atoms with Gasteiger partial charge in [-0.1, -0.05) is 31.9 Å². The van der Waals surface area contributed by atoms with E-state index in [0.717, 1.165) is 61.2 Å². The molecule has 1 aromatic carbocycles. The lowest BCUT2D eigenvalue weighted by atomic mass is 10.1. The average Bonchev–Trinajstić information content (AvgIpc) is 2.41. The normalized spacial score (nSPS) is 10.3. The molecule has 0 spiro atoms. The summed E-state index contributed by atoms with van der Waals surface area (Å²) in [6, 6.07) is 5.83. The highest BCUT2D eigenvalue weighted by Gasteiger charge is 2.02. The number of carboxylic acid groups (broad SMARTS) is 1. The van der Waals surface area contributed by atoms with Crippen molar-refractivity contribution in [3.8, 4) is 0 Å². The zero-order valence-corrected chi connectivity index (χ0v) is 12.8. The van der Waals surface area contributed by atoms with Crippen molar-refractivity contribution in [2.45, 2.75) is 45.4 Å². The zero-order valence-electron chi connectivity index (χ0n) is 12.8. The SMILES string of the molecule is C=C(NCCCCCCCC(=O)O)c1ccc(N)cc1C. The number of rotatable bonds is 10. The van der Waals surface area contributed by atoms with Crippen molar-refractivity contribution >= 4 is 17.4 Å². The van der Waals surface area contributed by atoms with E-state index in [2.05, 4.69) is 11.9 Å². The summed E-state index contributed by atoms with van der Waals surface area (Å²) in [4.78, 5) is 10.4. The number of benzene rings is 1. The van der Waals surface area contributed by atoms with E-state index in [-0.39, 0.29) is 6.42 Å². The van der Waals surface area contributed by atoms with Crippen LogP contribution in [0.3, 0.4) is 0 Å². The quantitative estimate of drug-likeness (QED) is 0.455. The number of nitrogens with two attached hydrogens (primary N) is 1. The van der Waals surface area contributed by atoms with Crippen LogP contribution in [0.1, 0.15) is 49.7 Å². The van der Waals surface area contributed by atoms with E-state index < -0.39 is 5.97 Å². The molecule has 0 heterocycles. The van der Waals surface area contributed by atoms with Gasteiger partial charge in [-0.3, -0.25) is 4.79 Å². The summed E-state index contributed by atoms with van der Waals surface area (Å²) in [6.45, 7) is 6.98. The Hall–Kier alpha value is -1.97. The van der Waals surface area contributed by atoms with Gasteiger partial charge in [0.15, 0.2) is 0 Å². The Kier molecular flexibility index (Phi) is 7.37. The maximum absolute atomic E-state index is 10.4. The van der Waals surface area contributed by atoms with Gasteiger partial charge in [-0.05, 0) is 37.5 Å². The molecule has 0 saturated carbocycles. The molecule has 0 aliphatic carbocycles. The second-order valence-corrected chi connectivity index (χ2v) is 5.39.